The first-order valence-electron chi connectivity index (χ1n) is 6.28. The molecule has 106 valence electrons. The van der Waals surface area contributed by atoms with Crippen LogP contribution in [0.5, 0.6) is 0 Å². The van der Waals surface area contributed by atoms with Gasteiger partial charge in [-0.05, 0) is 42.4 Å². The summed E-state index contributed by atoms with van der Waals surface area (Å²) >= 11 is 3.33. The number of amides is 1. The first-order chi connectivity index (χ1) is 8.44. The highest BCUT2D eigenvalue weighted by atomic mass is 79.9. The first kappa shape index (κ1) is 16.3. The van der Waals surface area contributed by atoms with Gasteiger partial charge in [0.05, 0.1) is 5.56 Å². The van der Waals surface area contributed by atoms with Crippen molar-refractivity contribution in [3.05, 3.63) is 28.2 Å². The summed E-state index contributed by atoms with van der Waals surface area (Å²) < 4.78 is 0.886. The van der Waals surface area contributed by atoms with E-state index in [9.17, 15) is 4.79 Å². The molecule has 1 amide bonds. The predicted octanol–water partition coefficient (Wildman–Crippen LogP) is 3.62. The zero-order chi connectivity index (χ0) is 13.3. The Labute approximate surface area is 128 Å². The molecule has 1 aromatic rings. The highest BCUT2D eigenvalue weighted by molar-refractivity contribution is 9.10. The van der Waals surface area contributed by atoms with Gasteiger partial charge in [0.25, 0.3) is 5.91 Å². The van der Waals surface area contributed by atoms with E-state index in [4.69, 9.17) is 5.73 Å². The molecule has 1 fully saturated rings. The van der Waals surface area contributed by atoms with Crippen LogP contribution < -0.4 is 11.1 Å². The topological polar surface area (TPSA) is 55.1 Å². The maximum absolute atomic E-state index is 12.1. The molecule has 1 aliphatic rings. The van der Waals surface area contributed by atoms with Gasteiger partial charge in [0.15, 0.2) is 0 Å². The van der Waals surface area contributed by atoms with E-state index in [1.807, 2.05) is 6.07 Å². The van der Waals surface area contributed by atoms with Gasteiger partial charge >= 0.3 is 0 Å². The van der Waals surface area contributed by atoms with Gasteiger partial charge in [-0.1, -0.05) is 29.8 Å². The Morgan fingerprint density at radius 2 is 2.11 bits per heavy atom. The van der Waals surface area contributed by atoms with Crippen LogP contribution in [0.15, 0.2) is 22.7 Å². The van der Waals surface area contributed by atoms with Gasteiger partial charge in [-0.15, -0.1) is 12.4 Å². The second-order valence-corrected chi connectivity index (χ2v) is 6.35. The average molecular weight is 348 g/mol. The molecular weight excluding hydrogens is 328 g/mol. The van der Waals surface area contributed by atoms with Crippen molar-refractivity contribution in [2.75, 3.05) is 12.3 Å². The molecule has 0 saturated heterocycles. The lowest BCUT2D eigenvalue weighted by molar-refractivity contribution is 0.0940. The zero-order valence-corrected chi connectivity index (χ0v) is 13.6. The zero-order valence-electron chi connectivity index (χ0n) is 11.2. The Kier molecular flexibility index (Phi) is 5.27. The van der Waals surface area contributed by atoms with Crippen LogP contribution in [0, 0.1) is 11.3 Å². The van der Waals surface area contributed by atoms with Gasteiger partial charge in [0, 0.05) is 16.7 Å². The van der Waals surface area contributed by atoms with E-state index in [0.29, 0.717) is 22.6 Å². The monoisotopic (exact) mass is 346 g/mol. The number of nitrogens with one attached hydrogen (secondary N) is 1. The Hall–Kier alpha value is -0.740. The van der Waals surface area contributed by atoms with E-state index in [1.54, 1.807) is 12.1 Å². The minimum absolute atomic E-state index is 0. The number of hydrogen-bond acceptors (Lipinski definition) is 2. The molecule has 0 bridgehead atoms. The largest absolute Gasteiger partial charge is 0.398 e. The lowest BCUT2D eigenvalue weighted by Crippen LogP contribution is -2.32. The van der Waals surface area contributed by atoms with E-state index in [-0.39, 0.29) is 18.3 Å². The van der Waals surface area contributed by atoms with Crippen LogP contribution in [-0.4, -0.2) is 12.5 Å². The molecule has 2 rings (SSSR count). The van der Waals surface area contributed by atoms with Crippen molar-refractivity contribution >= 4 is 39.9 Å². The Morgan fingerprint density at radius 1 is 1.47 bits per heavy atom. The summed E-state index contributed by atoms with van der Waals surface area (Å²) in [5.41, 5.74) is 7.23. The van der Waals surface area contributed by atoms with Crippen molar-refractivity contribution in [2.45, 2.75) is 26.7 Å². The fourth-order valence-electron chi connectivity index (χ4n) is 2.21. The summed E-state index contributed by atoms with van der Waals surface area (Å²) in [6.07, 6.45) is 2.42. The van der Waals surface area contributed by atoms with Crippen molar-refractivity contribution in [1.82, 2.24) is 5.32 Å². The first-order valence-corrected chi connectivity index (χ1v) is 7.07. The van der Waals surface area contributed by atoms with Gasteiger partial charge in [0.2, 0.25) is 0 Å². The fourth-order valence-corrected chi connectivity index (χ4v) is 2.59. The number of nitrogens with two attached hydrogens (primary N) is 1. The van der Waals surface area contributed by atoms with E-state index < -0.39 is 0 Å². The molecule has 5 heteroatoms. The maximum Gasteiger partial charge on any atom is 0.253 e. The van der Waals surface area contributed by atoms with E-state index in [0.717, 1.165) is 11.0 Å². The summed E-state index contributed by atoms with van der Waals surface area (Å²) in [4.78, 5) is 12.1. The van der Waals surface area contributed by atoms with Crippen molar-refractivity contribution in [3.63, 3.8) is 0 Å². The number of halogens is 2. The Bertz CT molecular complexity index is 473. The molecule has 3 nitrogen and oxygen atoms in total. The van der Waals surface area contributed by atoms with Crippen LogP contribution in [0.3, 0.4) is 0 Å². The molecule has 0 heterocycles. The van der Waals surface area contributed by atoms with Crippen LogP contribution in [0.2, 0.25) is 0 Å². The van der Waals surface area contributed by atoms with Gasteiger partial charge in [0.1, 0.15) is 0 Å². The molecule has 19 heavy (non-hydrogen) atoms. The summed E-state index contributed by atoms with van der Waals surface area (Å²) in [7, 11) is 0. The van der Waals surface area contributed by atoms with Crippen LogP contribution >= 0.6 is 28.3 Å². The molecule has 0 radical (unpaired) electrons. The number of hydrogen-bond donors (Lipinski definition) is 2. The van der Waals surface area contributed by atoms with Crippen LogP contribution in [0.25, 0.3) is 0 Å². The van der Waals surface area contributed by atoms with Gasteiger partial charge in [-0.25, -0.2) is 0 Å². The number of anilines is 1. The molecule has 3 N–H and O–H groups in total. The minimum Gasteiger partial charge on any atom is -0.398 e. The van der Waals surface area contributed by atoms with Gasteiger partial charge < -0.3 is 11.1 Å². The summed E-state index contributed by atoms with van der Waals surface area (Å²) in [5, 5.41) is 3.01. The Morgan fingerprint density at radius 3 is 2.58 bits per heavy atom. The van der Waals surface area contributed by atoms with Gasteiger partial charge in [-0.3, -0.25) is 4.79 Å². The van der Waals surface area contributed by atoms with Crippen molar-refractivity contribution < 1.29 is 4.79 Å². The van der Waals surface area contributed by atoms with Crippen molar-refractivity contribution in [2.24, 2.45) is 11.3 Å². The third-order valence-electron chi connectivity index (χ3n) is 3.98. The summed E-state index contributed by atoms with van der Waals surface area (Å²) in [6, 6.07) is 5.34. The molecule has 1 aromatic carbocycles. The second-order valence-electron chi connectivity index (χ2n) is 5.43. The summed E-state index contributed by atoms with van der Waals surface area (Å²) in [5.74, 6) is 0.534. The average Bonchev–Trinajstić information content (AvgIpc) is 3.07. The van der Waals surface area contributed by atoms with Crippen molar-refractivity contribution in [3.8, 4) is 0 Å². The maximum atomic E-state index is 12.1. The van der Waals surface area contributed by atoms with Gasteiger partial charge in [-0.2, -0.15) is 0 Å². The number of carbonyl (C=O) groups is 1. The highest BCUT2D eigenvalue weighted by Gasteiger charge is 2.45. The normalized spacial score (nSPS) is 15.8. The fraction of sp³-hybridized carbons (Fsp3) is 0.500. The third kappa shape index (κ3) is 3.63. The Balaban J connectivity index is 0.00000180. The van der Waals surface area contributed by atoms with E-state index in [1.165, 1.54) is 12.8 Å². The molecule has 1 saturated carbocycles. The predicted molar refractivity (Wildman–Crippen MR) is 84.6 cm³/mol. The van der Waals surface area contributed by atoms with E-state index >= 15 is 0 Å². The van der Waals surface area contributed by atoms with E-state index in [2.05, 4.69) is 35.1 Å². The molecular formula is C14H20BrClN2O. The smallest absolute Gasteiger partial charge is 0.253 e. The lowest BCUT2D eigenvalue weighted by atomic mass is 9.92. The number of nitrogen functional groups attached to an aromatic ring is 1. The SMILES string of the molecule is CC(C)C1(CNC(=O)c2ccc(Br)cc2N)CC1.Cl. The second kappa shape index (κ2) is 6.14. The quantitative estimate of drug-likeness (QED) is 0.817. The number of carbonyl (C=O) groups excluding carboxylic acids is 1. The van der Waals surface area contributed by atoms with Crippen LogP contribution in [0.1, 0.15) is 37.0 Å². The molecule has 0 aliphatic heterocycles. The molecule has 0 atom stereocenters. The molecule has 0 spiro atoms. The number of benzene rings is 1. The highest BCUT2D eigenvalue weighted by Crippen LogP contribution is 2.51. The van der Waals surface area contributed by atoms with Crippen LogP contribution in [0.4, 0.5) is 5.69 Å². The lowest BCUT2D eigenvalue weighted by Gasteiger charge is -2.20. The standard InChI is InChI=1S/C14H19BrN2O.ClH/c1-9(2)14(5-6-14)8-17-13(18)11-4-3-10(15)7-12(11)16;/h3-4,7,9H,5-6,8,16H2,1-2H3,(H,17,18);1H. The van der Waals surface area contributed by atoms with Crippen LogP contribution in [-0.2, 0) is 0 Å². The summed E-state index contributed by atoms with van der Waals surface area (Å²) in [6.45, 7) is 5.18. The number of rotatable bonds is 4. The molecule has 1 aliphatic carbocycles. The molecule has 0 unspecified atom stereocenters. The third-order valence-corrected chi connectivity index (χ3v) is 4.47. The van der Waals surface area contributed by atoms with Crippen molar-refractivity contribution in [1.29, 1.82) is 0 Å². The molecule has 0 aromatic heterocycles. The minimum atomic E-state index is -0.0769.